The van der Waals surface area contributed by atoms with Gasteiger partial charge in [-0.05, 0) is 276 Å². The molecule has 8 aliphatic rings. The minimum atomic E-state index is -0.557. The number of aryl methyl sites for hydroxylation is 3. The van der Waals surface area contributed by atoms with Crippen LogP contribution in [0.2, 0.25) is 0 Å². The molecule has 14 rings (SSSR count). The van der Waals surface area contributed by atoms with E-state index in [1.807, 2.05) is 130 Å². The van der Waals surface area contributed by atoms with Crippen LogP contribution in [0.1, 0.15) is 266 Å². The number of ether oxygens (including phenoxy) is 3. The fourth-order valence-corrected chi connectivity index (χ4v) is 25.0. The van der Waals surface area contributed by atoms with Crippen LogP contribution in [0.3, 0.4) is 0 Å². The summed E-state index contributed by atoms with van der Waals surface area (Å²) < 4.78 is 19.0. The Morgan fingerprint density at radius 2 is 0.542 bits per heavy atom. The second-order valence-corrected chi connectivity index (χ2v) is 38.2. The van der Waals surface area contributed by atoms with Crippen molar-refractivity contribution in [3.63, 3.8) is 0 Å². The van der Waals surface area contributed by atoms with E-state index in [0.29, 0.717) is 70.1 Å². The van der Waals surface area contributed by atoms with Crippen LogP contribution in [0.25, 0.3) is 0 Å². The van der Waals surface area contributed by atoms with Crippen molar-refractivity contribution in [2.45, 2.75) is 285 Å². The van der Waals surface area contributed by atoms with Gasteiger partial charge in [0.25, 0.3) is 0 Å². The summed E-state index contributed by atoms with van der Waals surface area (Å²) in [5.41, 5.74) is 22.6. The number of imide groups is 4. The number of hydrogen-bond acceptors (Lipinski definition) is 11. The minimum absolute atomic E-state index is 0. The van der Waals surface area contributed by atoms with Crippen LogP contribution in [-0.4, -0.2) is 73.5 Å². The Hall–Kier alpha value is -10.3. The van der Waals surface area contributed by atoms with E-state index in [4.69, 9.17) is 14.2 Å². The first-order chi connectivity index (χ1) is 62.9. The van der Waals surface area contributed by atoms with Crippen molar-refractivity contribution >= 4 is 47.3 Å². The topological polar surface area (TPSA) is 177 Å². The fourth-order valence-electron chi connectivity index (χ4n) is 25.0. The highest BCUT2D eigenvalue weighted by Crippen LogP contribution is 2.56. The van der Waals surface area contributed by atoms with Gasteiger partial charge in [-0.2, -0.15) is 0 Å². The van der Waals surface area contributed by atoms with E-state index in [9.17, 15) is 38.4 Å². The predicted molar refractivity (Wildman–Crippen MR) is 526 cm³/mol. The quantitative estimate of drug-likeness (QED) is 0.0202. The SMILES string of the molecule is C.C=CC1CC(/C=C\C2CC(C=C)C3C(=O)N(Cc4c(CC)c(CC)c(CC)c(CC)c4CC)C(=O)C23)C2C(=O)N(Cc3c(CC)c(CC)c(CC)c(CC)c3CC)C(=O)C12.C=CC1CC(/C=C\C2CC(C=C)C3C(=O)N(Cc4cc(C)c(OCc5ccccc5)c(OCc5ccccc5)c4)C(=O)C23)C2C(=O)N(Cc3cc(C)c(OCCCCCCCCCC)c(C)c3)C(=O)C12. The van der Waals surface area contributed by atoms with Gasteiger partial charge >= 0.3 is 0 Å². The van der Waals surface area contributed by atoms with Gasteiger partial charge in [-0.3, -0.25) is 58.0 Å². The van der Waals surface area contributed by atoms with E-state index in [1.165, 1.54) is 115 Å². The van der Waals surface area contributed by atoms with Crippen LogP contribution in [0.15, 0.2) is 160 Å². The number of allylic oxidation sites excluding steroid dienone is 8. The van der Waals surface area contributed by atoms with Gasteiger partial charge in [0.05, 0.1) is 80.1 Å². The highest BCUT2D eigenvalue weighted by atomic mass is 16.5. The average Bonchev–Trinajstić information content (AvgIpc) is 1.56. The summed E-state index contributed by atoms with van der Waals surface area (Å²) in [7, 11) is 0. The molecule has 0 radical (unpaired) electrons. The molecule has 0 bridgehead atoms. The van der Waals surface area contributed by atoms with Gasteiger partial charge in [0.1, 0.15) is 19.0 Å². The first-order valence-electron chi connectivity index (χ1n) is 49.8. The molecular weight excluding hydrogens is 1630 g/mol. The second kappa shape index (κ2) is 45.0. The molecule has 4 heterocycles. The third kappa shape index (κ3) is 19.9. The Kier molecular flexibility index (Phi) is 34.2. The summed E-state index contributed by atoms with van der Waals surface area (Å²) in [5.74, 6) is -4.19. The summed E-state index contributed by atoms with van der Waals surface area (Å²) >= 11 is 0. The van der Waals surface area contributed by atoms with Crippen LogP contribution >= 0.6 is 0 Å². The fraction of sp³-hybridized carbons (Fsp3) is 0.517. The van der Waals surface area contributed by atoms with E-state index >= 15 is 0 Å². The molecule has 16 atom stereocenters. The molecule has 131 heavy (non-hydrogen) atoms. The summed E-state index contributed by atoms with van der Waals surface area (Å²) in [6, 6.07) is 27.8. The van der Waals surface area contributed by atoms with Crippen molar-refractivity contribution < 1.29 is 52.6 Å². The molecule has 8 amide bonds. The van der Waals surface area contributed by atoms with Crippen LogP contribution in [0.4, 0.5) is 0 Å². The Balaban J connectivity index is 0.000000238. The van der Waals surface area contributed by atoms with Crippen LogP contribution in [0.5, 0.6) is 17.2 Å². The standard InChI is InChI=1S/C61H72N2O7.C54H74N2O4.CH4/c1-7-10-11-12-13-14-15-22-29-68-56-40(4)30-45(31-41(56)5)36-62-58(64)52-47(8-2)34-49(54(52)60(62)66)27-28-50-35-48(9-3)53-55(50)61(67)63(59(53)65)37-46-32-42(6)57(70-39-44-25-20-17-21-26-44)51(33-46)69-38-43-23-18-16-19-24-43;1-13-31-27-33(49-47(31)51(57)55(53(49)59)29-45-41(21-9)37(17-5)35(15-3)38(18-6)42(45)22-10)25-26-34-28-32(14-2)48-50(34)54(60)56(52(48)58)30-46-43(23-11)39(19-7)36(16-4)40(20-8)44(46)24-12;/h8-9,16-21,23-28,30-33,47-50,52-55H,2-3,7,10-15,22,29,34-39H2,1,4-6H3;13-14,25-26,31-34,47-50H,1-2,15-24,27-30H2,3-12H3;1H4/b28-27-;26-25-;. The Morgan fingerprint density at radius 1 is 0.290 bits per heavy atom. The molecular formula is C116H150N4O11. The number of benzene rings is 6. The van der Waals surface area contributed by atoms with Gasteiger partial charge in [0.2, 0.25) is 47.3 Å². The van der Waals surface area contributed by atoms with Gasteiger partial charge in [-0.15, -0.1) is 26.3 Å². The molecule has 0 spiro atoms. The molecule has 6 aromatic carbocycles. The van der Waals surface area contributed by atoms with Crippen LogP contribution < -0.4 is 14.2 Å². The predicted octanol–water partition coefficient (Wildman–Crippen LogP) is 23.4. The van der Waals surface area contributed by atoms with Gasteiger partial charge in [0.15, 0.2) is 11.5 Å². The third-order valence-electron chi connectivity index (χ3n) is 31.0. The number of rotatable bonds is 42. The Bertz CT molecular complexity index is 5030. The number of carbonyl (C=O) groups is 8. The molecule has 4 saturated carbocycles. The number of amides is 8. The number of nitrogens with zero attached hydrogens (tertiary/aromatic N) is 4. The van der Waals surface area contributed by atoms with Crippen molar-refractivity contribution in [2.24, 2.45) is 94.7 Å². The molecule has 4 aliphatic carbocycles. The summed E-state index contributed by atoms with van der Waals surface area (Å²) in [6.45, 7) is 49.2. The van der Waals surface area contributed by atoms with Crippen LogP contribution in [0, 0.1) is 115 Å². The lowest BCUT2D eigenvalue weighted by Crippen LogP contribution is -2.34. The van der Waals surface area contributed by atoms with E-state index in [-0.39, 0.29) is 115 Å². The van der Waals surface area contributed by atoms with Crippen LogP contribution in [-0.2, 0) is 142 Å². The Labute approximate surface area is 783 Å². The largest absolute Gasteiger partial charge is 0.493 e. The lowest BCUT2D eigenvalue weighted by atomic mass is 9.81. The molecule has 8 fully saturated rings. The average molecular weight is 1780 g/mol. The zero-order chi connectivity index (χ0) is 93.1. The molecule has 0 N–H and O–H groups in total. The maximum atomic E-state index is 14.6. The molecule has 4 saturated heterocycles. The number of fused-ring (bicyclic) bond motifs is 4. The van der Waals surface area contributed by atoms with E-state index in [2.05, 4.69) is 127 Å². The van der Waals surface area contributed by atoms with Crippen molar-refractivity contribution in [1.29, 1.82) is 0 Å². The lowest BCUT2D eigenvalue weighted by Gasteiger charge is -2.28. The molecule has 15 heteroatoms. The molecule has 6 aromatic rings. The first kappa shape index (κ1) is 99.7. The number of likely N-dealkylation sites (tertiary alicyclic amines) is 4. The third-order valence-corrected chi connectivity index (χ3v) is 31.0. The minimum Gasteiger partial charge on any atom is -0.493 e. The van der Waals surface area contributed by atoms with Gasteiger partial charge in [-0.1, -0.05) is 256 Å². The molecule has 4 aliphatic heterocycles. The number of carbonyl (C=O) groups excluding carboxylic acids is 8. The van der Waals surface area contributed by atoms with Crippen molar-refractivity contribution in [3.05, 3.63) is 266 Å². The van der Waals surface area contributed by atoms with Gasteiger partial charge in [-0.25, -0.2) is 0 Å². The normalized spacial score (nSPS) is 24.8. The smallest absolute Gasteiger partial charge is 0.234 e. The zero-order valence-electron chi connectivity index (χ0n) is 80.6. The van der Waals surface area contributed by atoms with Crippen molar-refractivity contribution in [1.82, 2.24) is 19.6 Å². The maximum Gasteiger partial charge on any atom is 0.234 e. The molecule has 700 valence electrons. The number of unbranched alkanes of at least 4 members (excludes halogenated alkanes) is 7. The summed E-state index contributed by atoms with van der Waals surface area (Å²) in [4.78, 5) is 122. The highest BCUT2D eigenvalue weighted by Gasteiger charge is 2.62. The number of hydrogen-bond donors (Lipinski definition) is 0. The summed E-state index contributed by atoms with van der Waals surface area (Å²) in [5, 5.41) is 0. The molecule has 0 aromatic heterocycles. The molecule has 15 nitrogen and oxygen atoms in total. The molecule has 16 unspecified atom stereocenters. The maximum absolute atomic E-state index is 14.6. The summed E-state index contributed by atoms with van der Waals surface area (Å²) in [6.07, 6.45) is 37.4. The van der Waals surface area contributed by atoms with Gasteiger partial charge in [0, 0.05) is 0 Å². The lowest BCUT2D eigenvalue weighted by molar-refractivity contribution is -0.143. The van der Waals surface area contributed by atoms with Crippen molar-refractivity contribution in [2.75, 3.05) is 6.61 Å². The second-order valence-electron chi connectivity index (χ2n) is 38.2. The monoisotopic (exact) mass is 1780 g/mol. The van der Waals surface area contributed by atoms with Gasteiger partial charge < -0.3 is 14.2 Å². The zero-order valence-corrected chi connectivity index (χ0v) is 80.6. The van der Waals surface area contributed by atoms with Crippen molar-refractivity contribution in [3.8, 4) is 17.2 Å². The highest BCUT2D eigenvalue weighted by molar-refractivity contribution is 6.08. The van der Waals surface area contributed by atoms with E-state index in [0.717, 1.165) is 122 Å². The first-order valence-corrected chi connectivity index (χ1v) is 49.8. The Morgan fingerprint density at radius 3 is 0.832 bits per heavy atom. The van der Waals surface area contributed by atoms with E-state index in [1.54, 1.807) is 9.80 Å². The van der Waals surface area contributed by atoms with E-state index < -0.39 is 47.3 Å².